The molecule has 6 heterocycles. The van der Waals surface area contributed by atoms with Crippen molar-refractivity contribution in [2.75, 3.05) is 0 Å². The van der Waals surface area contributed by atoms with Gasteiger partial charge in [0.1, 0.15) is 0 Å². The molecule has 0 spiro atoms. The molecule has 0 radical (unpaired) electrons. The standard InChI is InChI=1S/C68H40N4.C60H36N4/c1-3-17-43-39-64-57(36-41(43)15-1)54-24-9-12-28-61(54)72(64)63-30-14-29-62-66(63)58-37-42-16-2-4-18-44(42)40-65(58)71(62)47-32-34-48-45(35-47)19-13-25-55(48)68-67(69-59-26-10-11-27-60(59)70-68)46-31-33-53-51-22-6-5-20-49(51)50-21-7-8-23-52(50)56(53)38-46;1-3-16-40-35-56-49(33-38(40)14-1)47-20-7-10-24-53(47)64(56)55-26-12-25-54-58(55)50-34-39-15-2-4-17-41(39)36-57(50)63(54)45-30-29-42-31-44(28-27-43(42)32-45)59-60(62-52-23-9-8-22-51(52)61-59)48-21-11-18-37-13-5-6-19-46(37)48/h1-40H;1-36H. The lowest BCUT2D eigenvalue weighted by molar-refractivity contribution is 1.17. The van der Waals surface area contributed by atoms with Crippen LogP contribution in [0.4, 0.5) is 0 Å². The molecule has 0 aliphatic carbocycles. The second-order valence-corrected chi connectivity index (χ2v) is 36.2. The largest absolute Gasteiger partial charge is 0.309 e. The van der Waals surface area contributed by atoms with Gasteiger partial charge in [-0.2, -0.15) is 0 Å². The zero-order valence-electron chi connectivity index (χ0n) is 73.5. The Balaban J connectivity index is 0.000000133. The summed E-state index contributed by atoms with van der Waals surface area (Å²) in [4.78, 5) is 21.5. The van der Waals surface area contributed by atoms with Crippen LogP contribution in [0.15, 0.2) is 461 Å². The van der Waals surface area contributed by atoms with E-state index >= 15 is 0 Å². The summed E-state index contributed by atoms with van der Waals surface area (Å²) in [5.74, 6) is 0. The molecule has 24 aromatic carbocycles. The van der Waals surface area contributed by atoms with Crippen molar-refractivity contribution in [3.8, 4) is 67.8 Å². The zero-order chi connectivity index (χ0) is 88.9. The topological polar surface area (TPSA) is 71.3 Å². The monoisotopic (exact) mass is 1720 g/mol. The molecule has 628 valence electrons. The number of nitrogens with zero attached hydrogens (tertiary/aromatic N) is 8. The summed E-state index contributed by atoms with van der Waals surface area (Å²) in [7, 11) is 0. The van der Waals surface area contributed by atoms with E-state index < -0.39 is 0 Å². The maximum Gasteiger partial charge on any atom is 0.0979 e. The zero-order valence-corrected chi connectivity index (χ0v) is 73.5. The van der Waals surface area contributed by atoms with Gasteiger partial charge in [-0.05, 0) is 253 Å². The molecule has 0 N–H and O–H groups in total. The van der Waals surface area contributed by atoms with Crippen LogP contribution in [0, 0.1) is 0 Å². The maximum atomic E-state index is 5.47. The summed E-state index contributed by atoms with van der Waals surface area (Å²) < 4.78 is 9.92. The molecule has 0 unspecified atom stereocenters. The van der Waals surface area contributed by atoms with E-state index in [0.717, 1.165) is 128 Å². The predicted molar refractivity (Wildman–Crippen MR) is 573 cm³/mol. The van der Waals surface area contributed by atoms with Gasteiger partial charge in [0.25, 0.3) is 0 Å². The Hall–Kier alpha value is -18.2. The van der Waals surface area contributed by atoms with Crippen LogP contribution in [0.5, 0.6) is 0 Å². The van der Waals surface area contributed by atoms with Crippen molar-refractivity contribution in [1.29, 1.82) is 0 Å². The first-order valence-corrected chi connectivity index (χ1v) is 46.6. The van der Waals surface area contributed by atoms with Gasteiger partial charge in [0.2, 0.25) is 0 Å². The number of para-hydroxylation sites is 6. The molecule has 8 heteroatoms. The van der Waals surface area contributed by atoms with Gasteiger partial charge in [0, 0.05) is 76.7 Å². The van der Waals surface area contributed by atoms with Crippen LogP contribution in [0.2, 0.25) is 0 Å². The van der Waals surface area contributed by atoms with Crippen molar-refractivity contribution >= 4 is 217 Å². The second kappa shape index (κ2) is 29.6. The van der Waals surface area contributed by atoms with Gasteiger partial charge >= 0.3 is 0 Å². The Morgan fingerprint density at radius 1 is 0.140 bits per heavy atom. The van der Waals surface area contributed by atoms with Gasteiger partial charge in [0.05, 0.1) is 100 Å². The first-order chi connectivity index (χ1) is 67.4. The molecule has 0 bridgehead atoms. The third-order valence-electron chi connectivity index (χ3n) is 28.8. The van der Waals surface area contributed by atoms with Crippen molar-refractivity contribution in [3.63, 3.8) is 0 Å². The molecule has 0 saturated heterocycles. The van der Waals surface area contributed by atoms with E-state index in [1.807, 2.05) is 30.3 Å². The van der Waals surface area contributed by atoms with E-state index in [4.69, 9.17) is 19.9 Å². The number of hydrogen-bond donors (Lipinski definition) is 0. The van der Waals surface area contributed by atoms with Crippen LogP contribution < -0.4 is 0 Å². The average Bonchev–Trinajstić information content (AvgIpc) is 1.54. The molecule has 0 fully saturated rings. The Bertz CT molecular complexity index is 10400. The van der Waals surface area contributed by atoms with Crippen molar-refractivity contribution in [2.24, 2.45) is 0 Å². The third kappa shape index (κ3) is 11.6. The molecular formula is C128H76N8. The van der Waals surface area contributed by atoms with E-state index in [0.29, 0.717) is 0 Å². The van der Waals surface area contributed by atoms with Gasteiger partial charge < -0.3 is 18.3 Å². The summed E-state index contributed by atoms with van der Waals surface area (Å²) in [5, 5.41) is 34.0. The Morgan fingerprint density at radius 3 is 0.912 bits per heavy atom. The molecule has 30 aromatic rings. The molecule has 0 amide bonds. The number of aromatic nitrogens is 8. The van der Waals surface area contributed by atoms with Crippen LogP contribution in [0.25, 0.3) is 285 Å². The minimum Gasteiger partial charge on any atom is -0.309 e. The minimum absolute atomic E-state index is 0.864. The third-order valence-corrected chi connectivity index (χ3v) is 28.8. The van der Waals surface area contributed by atoms with Crippen molar-refractivity contribution in [2.45, 2.75) is 0 Å². The summed E-state index contributed by atoms with van der Waals surface area (Å²) in [5.41, 5.74) is 25.2. The average molecular weight is 1730 g/mol. The molecule has 0 aliphatic heterocycles. The van der Waals surface area contributed by atoms with Gasteiger partial charge in [-0.1, -0.05) is 315 Å². The van der Waals surface area contributed by atoms with Gasteiger partial charge in [0.15, 0.2) is 0 Å². The number of benzene rings is 24. The van der Waals surface area contributed by atoms with E-state index in [2.05, 4.69) is 449 Å². The number of fused-ring (bicyclic) bond motifs is 27. The lowest BCUT2D eigenvalue weighted by Gasteiger charge is -2.16. The van der Waals surface area contributed by atoms with Crippen LogP contribution in [-0.2, 0) is 0 Å². The van der Waals surface area contributed by atoms with E-state index in [-0.39, 0.29) is 0 Å². The highest BCUT2D eigenvalue weighted by Crippen LogP contribution is 2.49. The fourth-order valence-corrected chi connectivity index (χ4v) is 22.6. The highest BCUT2D eigenvalue weighted by Gasteiger charge is 2.27. The van der Waals surface area contributed by atoms with Crippen molar-refractivity contribution in [1.82, 2.24) is 38.2 Å². The molecule has 6 aromatic heterocycles. The molecule has 0 aliphatic rings. The quantitative estimate of drug-likeness (QED) is 0.142. The molecule has 136 heavy (non-hydrogen) atoms. The lowest BCUT2D eigenvalue weighted by atomic mass is 9.92. The predicted octanol–water partition coefficient (Wildman–Crippen LogP) is 33.8. The fourth-order valence-electron chi connectivity index (χ4n) is 22.6. The lowest BCUT2D eigenvalue weighted by Crippen LogP contribution is -1.98. The Kier molecular flexibility index (Phi) is 16.5. The number of hydrogen-bond acceptors (Lipinski definition) is 4. The number of rotatable bonds is 8. The van der Waals surface area contributed by atoms with Crippen molar-refractivity contribution < 1.29 is 0 Å². The van der Waals surface area contributed by atoms with Crippen LogP contribution in [0.1, 0.15) is 0 Å². The van der Waals surface area contributed by atoms with E-state index in [9.17, 15) is 0 Å². The highest BCUT2D eigenvalue weighted by molar-refractivity contribution is 6.27. The maximum absolute atomic E-state index is 5.47. The second-order valence-electron chi connectivity index (χ2n) is 36.2. The molecule has 8 nitrogen and oxygen atoms in total. The molecule has 0 saturated carbocycles. The van der Waals surface area contributed by atoms with Crippen LogP contribution >= 0.6 is 0 Å². The fraction of sp³-hybridized carbons (Fsp3) is 0. The van der Waals surface area contributed by atoms with Gasteiger partial charge in [-0.25, -0.2) is 19.9 Å². The minimum atomic E-state index is 0.864. The summed E-state index contributed by atoms with van der Waals surface area (Å²) >= 11 is 0. The van der Waals surface area contributed by atoms with Crippen molar-refractivity contribution in [3.05, 3.63) is 461 Å². The first-order valence-electron chi connectivity index (χ1n) is 46.6. The summed E-state index contributed by atoms with van der Waals surface area (Å²) in [6, 6.07) is 168. The van der Waals surface area contributed by atoms with Gasteiger partial charge in [-0.15, -0.1) is 0 Å². The van der Waals surface area contributed by atoms with Crippen LogP contribution in [0.3, 0.4) is 0 Å². The van der Waals surface area contributed by atoms with E-state index in [1.54, 1.807) is 0 Å². The normalized spacial score (nSPS) is 12.1. The molecule has 0 atom stereocenters. The molecular weight excluding hydrogens is 1650 g/mol. The van der Waals surface area contributed by atoms with E-state index in [1.165, 1.54) is 157 Å². The van der Waals surface area contributed by atoms with Gasteiger partial charge in [-0.3, -0.25) is 0 Å². The Morgan fingerprint density at radius 2 is 0.434 bits per heavy atom. The highest BCUT2D eigenvalue weighted by atomic mass is 15.0. The molecule has 30 rings (SSSR count). The Labute approximate surface area is 778 Å². The summed E-state index contributed by atoms with van der Waals surface area (Å²) in [6.45, 7) is 0. The van der Waals surface area contributed by atoms with Crippen LogP contribution in [-0.4, -0.2) is 38.2 Å². The SMILES string of the molecule is c1ccc2cc3c(cc2c1)c1ccccc1n3-c1cccc2c1c1cc3ccccc3cc1n2-c1ccc2c(-c3nc4ccccc4nc3-c3ccc4c5ccccc5c5ccccc5c4c3)cccc2c1.c1ccc2cc3c(cc2c1)c1ccccc1n3-c1cccc2c1c1cc3ccccc3cc1n2-c1ccc2cc(-c3nc4ccccc4nc3-c3cccc4ccccc34)ccc2c1. The smallest absolute Gasteiger partial charge is 0.0979 e. The summed E-state index contributed by atoms with van der Waals surface area (Å²) in [6.07, 6.45) is 0. The first kappa shape index (κ1) is 75.6.